The van der Waals surface area contributed by atoms with Crippen LogP contribution in [0.1, 0.15) is 30.5 Å². The zero-order valence-corrected chi connectivity index (χ0v) is 12.9. The largest absolute Gasteiger partial charge is 0.329 e. The molecule has 2 N–H and O–H groups in total. The topological polar surface area (TPSA) is 41.1 Å². The number of alkyl halides is 1. The van der Waals surface area contributed by atoms with Crippen LogP contribution in [-0.2, 0) is 5.54 Å². The maximum atomic E-state index is 12.1. The molecule has 110 valence electrons. The summed E-state index contributed by atoms with van der Waals surface area (Å²) in [5.41, 5.74) is 0.856. The zero-order valence-electron chi connectivity index (χ0n) is 12.1. The van der Waals surface area contributed by atoms with Crippen LogP contribution in [0.15, 0.2) is 60.7 Å². The van der Waals surface area contributed by atoms with Crippen LogP contribution >= 0.6 is 11.6 Å². The molecule has 0 saturated carbocycles. The lowest BCUT2D eigenvalue weighted by Gasteiger charge is -2.27. The van der Waals surface area contributed by atoms with E-state index in [-0.39, 0.29) is 6.03 Å². The Morgan fingerprint density at radius 3 is 2.10 bits per heavy atom. The summed E-state index contributed by atoms with van der Waals surface area (Å²) in [4.78, 5) is 12.1. The minimum Gasteiger partial charge on any atom is -0.329 e. The molecule has 2 aromatic carbocycles. The van der Waals surface area contributed by atoms with Gasteiger partial charge in [0.15, 0.2) is 0 Å². The second-order valence-corrected chi connectivity index (χ2v) is 5.80. The highest BCUT2D eigenvalue weighted by molar-refractivity contribution is 6.21. The van der Waals surface area contributed by atoms with E-state index in [1.165, 1.54) is 0 Å². The Balaban J connectivity index is 1.98. The summed E-state index contributed by atoms with van der Waals surface area (Å²) >= 11 is 6.20. The Bertz CT molecular complexity index is 584. The van der Waals surface area contributed by atoms with E-state index in [0.717, 1.165) is 11.1 Å². The van der Waals surface area contributed by atoms with Gasteiger partial charge < -0.3 is 10.6 Å². The third-order valence-corrected chi connectivity index (χ3v) is 3.63. The lowest BCUT2D eigenvalue weighted by Crippen LogP contribution is -2.46. The summed E-state index contributed by atoms with van der Waals surface area (Å²) in [5.74, 6) is 0. The van der Waals surface area contributed by atoms with Crippen LogP contribution in [0.4, 0.5) is 4.79 Å². The molecule has 3 nitrogen and oxygen atoms in total. The first-order chi connectivity index (χ1) is 9.99. The summed E-state index contributed by atoms with van der Waals surface area (Å²) < 4.78 is 0. The second-order valence-electron chi connectivity index (χ2n) is 5.36. The number of hydrogen-bond acceptors (Lipinski definition) is 1. The third-order valence-electron chi connectivity index (χ3n) is 3.27. The van der Waals surface area contributed by atoms with Crippen molar-refractivity contribution in [2.24, 2.45) is 0 Å². The van der Waals surface area contributed by atoms with Crippen LogP contribution in [-0.4, -0.2) is 6.03 Å². The van der Waals surface area contributed by atoms with Crippen molar-refractivity contribution in [3.8, 4) is 0 Å². The smallest absolute Gasteiger partial charge is 0.316 e. The number of carbonyl (C=O) groups is 1. The van der Waals surface area contributed by atoms with Crippen molar-refractivity contribution in [1.82, 2.24) is 10.6 Å². The average Bonchev–Trinajstić information content (AvgIpc) is 2.48. The fourth-order valence-corrected chi connectivity index (χ4v) is 2.31. The number of halogens is 1. The molecule has 0 saturated heterocycles. The van der Waals surface area contributed by atoms with Gasteiger partial charge in [0, 0.05) is 0 Å². The van der Waals surface area contributed by atoms with Crippen molar-refractivity contribution in [3.05, 3.63) is 71.8 Å². The average molecular weight is 303 g/mol. The van der Waals surface area contributed by atoms with E-state index in [1.807, 2.05) is 74.5 Å². The normalized spacial score (nSPS) is 12.5. The Morgan fingerprint density at radius 2 is 1.52 bits per heavy atom. The highest BCUT2D eigenvalue weighted by Crippen LogP contribution is 2.20. The summed E-state index contributed by atoms with van der Waals surface area (Å²) in [5, 5.41) is 5.68. The van der Waals surface area contributed by atoms with Crippen LogP contribution in [0.25, 0.3) is 0 Å². The monoisotopic (exact) mass is 302 g/mol. The van der Waals surface area contributed by atoms with Crippen LogP contribution in [0.3, 0.4) is 0 Å². The van der Waals surface area contributed by atoms with Gasteiger partial charge in [-0.05, 0) is 25.0 Å². The van der Waals surface area contributed by atoms with Gasteiger partial charge in [-0.2, -0.15) is 0 Å². The van der Waals surface area contributed by atoms with E-state index in [0.29, 0.717) is 0 Å². The quantitative estimate of drug-likeness (QED) is 0.646. The first-order valence-corrected chi connectivity index (χ1v) is 7.26. The molecule has 4 heteroatoms. The standard InChI is InChI=1S/C17H19ClN2O/c1-17(2,14-11-7-4-8-12-14)20-16(21)19-15(18)13-9-5-3-6-10-13/h3-12,15H,1-2H3,(H2,19,20,21). The van der Waals surface area contributed by atoms with Gasteiger partial charge >= 0.3 is 6.03 Å². The molecule has 1 unspecified atom stereocenters. The Hall–Kier alpha value is -2.00. The Kier molecular flexibility index (Phi) is 4.86. The predicted octanol–water partition coefficient (Wildman–Crippen LogP) is 4.16. The number of rotatable bonds is 4. The number of nitrogens with one attached hydrogen (secondary N) is 2. The van der Waals surface area contributed by atoms with Gasteiger partial charge in [0.25, 0.3) is 0 Å². The lowest BCUT2D eigenvalue weighted by atomic mass is 9.95. The van der Waals surface area contributed by atoms with E-state index in [2.05, 4.69) is 10.6 Å². The van der Waals surface area contributed by atoms with E-state index < -0.39 is 11.0 Å². The molecule has 0 aliphatic carbocycles. The van der Waals surface area contributed by atoms with E-state index in [1.54, 1.807) is 0 Å². The number of urea groups is 1. The van der Waals surface area contributed by atoms with E-state index in [4.69, 9.17) is 11.6 Å². The van der Waals surface area contributed by atoms with Gasteiger partial charge in [-0.25, -0.2) is 4.79 Å². The molecule has 0 spiro atoms. The summed E-state index contributed by atoms with van der Waals surface area (Å²) in [6, 6.07) is 18.9. The molecule has 0 aliphatic rings. The minimum atomic E-state index is -0.558. The number of benzene rings is 2. The maximum absolute atomic E-state index is 12.1. The van der Waals surface area contributed by atoms with Gasteiger partial charge in [-0.1, -0.05) is 72.3 Å². The highest BCUT2D eigenvalue weighted by Gasteiger charge is 2.23. The number of hydrogen-bond donors (Lipinski definition) is 2. The third kappa shape index (κ3) is 4.23. The second kappa shape index (κ2) is 6.64. The van der Waals surface area contributed by atoms with Crippen molar-refractivity contribution >= 4 is 17.6 Å². The zero-order chi connectivity index (χ0) is 15.3. The maximum Gasteiger partial charge on any atom is 0.316 e. The Morgan fingerprint density at radius 1 is 1.00 bits per heavy atom. The molecule has 0 bridgehead atoms. The molecule has 0 fully saturated rings. The van der Waals surface area contributed by atoms with Crippen molar-refractivity contribution < 1.29 is 4.79 Å². The van der Waals surface area contributed by atoms with Crippen molar-refractivity contribution in [1.29, 1.82) is 0 Å². The molecular formula is C17H19ClN2O. The van der Waals surface area contributed by atoms with E-state index >= 15 is 0 Å². The fourth-order valence-electron chi connectivity index (χ4n) is 2.07. The number of carbonyl (C=O) groups excluding carboxylic acids is 1. The van der Waals surface area contributed by atoms with Crippen LogP contribution in [0, 0.1) is 0 Å². The van der Waals surface area contributed by atoms with Crippen LogP contribution in [0.2, 0.25) is 0 Å². The fraction of sp³-hybridized carbons (Fsp3) is 0.235. The molecule has 2 amide bonds. The van der Waals surface area contributed by atoms with Crippen molar-refractivity contribution in [2.45, 2.75) is 24.9 Å². The first kappa shape index (κ1) is 15.4. The molecule has 21 heavy (non-hydrogen) atoms. The summed E-state index contributed by atoms with van der Waals surface area (Å²) in [7, 11) is 0. The van der Waals surface area contributed by atoms with Gasteiger partial charge in [0.2, 0.25) is 0 Å². The first-order valence-electron chi connectivity index (χ1n) is 6.82. The minimum absolute atomic E-state index is 0.298. The van der Waals surface area contributed by atoms with Crippen LogP contribution in [0.5, 0.6) is 0 Å². The molecule has 2 rings (SSSR count). The highest BCUT2D eigenvalue weighted by atomic mass is 35.5. The lowest BCUT2D eigenvalue weighted by molar-refractivity contribution is 0.229. The van der Waals surface area contributed by atoms with E-state index in [9.17, 15) is 4.79 Å². The van der Waals surface area contributed by atoms with Gasteiger partial charge in [-0.3, -0.25) is 0 Å². The molecule has 0 heterocycles. The molecule has 0 aromatic heterocycles. The number of amides is 2. The molecular weight excluding hydrogens is 284 g/mol. The summed E-state index contributed by atoms with van der Waals surface area (Å²) in [6.07, 6.45) is 0. The summed E-state index contributed by atoms with van der Waals surface area (Å²) in [6.45, 7) is 3.90. The molecule has 1 atom stereocenters. The van der Waals surface area contributed by atoms with Gasteiger partial charge in [-0.15, -0.1) is 0 Å². The SMILES string of the molecule is CC(C)(NC(=O)NC(Cl)c1ccccc1)c1ccccc1. The molecule has 0 aliphatic heterocycles. The molecule has 0 radical (unpaired) electrons. The Labute approximate surface area is 130 Å². The van der Waals surface area contributed by atoms with Crippen molar-refractivity contribution in [2.75, 3.05) is 0 Å². The van der Waals surface area contributed by atoms with Crippen LogP contribution < -0.4 is 10.6 Å². The van der Waals surface area contributed by atoms with Gasteiger partial charge in [0.1, 0.15) is 5.50 Å². The van der Waals surface area contributed by atoms with Gasteiger partial charge in [0.05, 0.1) is 5.54 Å². The van der Waals surface area contributed by atoms with Crippen molar-refractivity contribution in [3.63, 3.8) is 0 Å². The predicted molar refractivity (Wildman–Crippen MR) is 86.2 cm³/mol. The molecule has 2 aromatic rings.